The van der Waals surface area contributed by atoms with Gasteiger partial charge < -0.3 is 25.0 Å². The van der Waals surface area contributed by atoms with Gasteiger partial charge in [-0.25, -0.2) is 9.59 Å². The molecule has 2 heterocycles. The number of carbonyl (C=O) groups is 3. The Morgan fingerprint density at radius 1 is 0.912 bits per heavy atom. The van der Waals surface area contributed by atoms with Crippen LogP contribution in [-0.2, 0) is 16.0 Å². The molecule has 34 heavy (non-hydrogen) atoms. The number of carbonyl (C=O) groups excluding carboxylic acids is 3. The van der Waals surface area contributed by atoms with E-state index in [1.54, 1.807) is 36.4 Å². The van der Waals surface area contributed by atoms with Crippen LogP contribution in [0, 0.1) is 0 Å². The number of hydrogen-bond donors (Lipinski definition) is 3. The van der Waals surface area contributed by atoms with Gasteiger partial charge in [-0.05, 0) is 29.8 Å². The molecule has 2 saturated heterocycles. The molecule has 0 unspecified atom stereocenters. The van der Waals surface area contributed by atoms with Gasteiger partial charge in [0.15, 0.2) is 0 Å². The molecule has 0 amide bonds. The van der Waals surface area contributed by atoms with Crippen molar-refractivity contribution in [2.24, 2.45) is 0 Å². The number of methoxy groups -OCH3 is 2. The zero-order valence-corrected chi connectivity index (χ0v) is 20.0. The SMILES string of the molecule is COC(=O)c1ccc(C=O)cc1.COC(=O)c1ccc(CN2CC(O)C2)cc1.Cl.OC1CNC1. The summed E-state index contributed by atoms with van der Waals surface area (Å²) in [6, 6.07) is 13.6. The number of aliphatic hydroxyl groups excluding tert-OH is 2. The quantitative estimate of drug-likeness (QED) is 0.416. The number of esters is 2. The largest absolute Gasteiger partial charge is 0.465 e. The molecule has 0 aromatic heterocycles. The maximum Gasteiger partial charge on any atom is 0.337 e. The van der Waals surface area contributed by atoms with E-state index in [1.165, 1.54) is 14.2 Å². The topological polar surface area (TPSA) is 125 Å². The first-order chi connectivity index (χ1) is 15.9. The molecule has 2 aromatic carbocycles. The van der Waals surface area contributed by atoms with Gasteiger partial charge in [0, 0.05) is 38.3 Å². The highest BCUT2D eigenvalue weighted by atomic mass is 35.5. The van der Waals surface area contributed by atoms with E-state index in [1.807, 2.05) is 12.1 Å². The normalized spacial score (nSPS) is 14.9. The molecule has 0 atom stereocenters. The molecule has 2 aromatic rings. The Bertz CT molecular complexity index is 897. The van der Waals surface area contributed by atoms with Crippen molar-refractivity contribution in [3.05, 3.63) is 70.8 Å². The van der Waals surface area contributed by atoms with Gasteiger partial charge in [0.1, 0.15) is 6.29 Å². The maximum absolute atomic E-state index is 11.2. The lowest BCUT2D eigenvalue weighted by Gasteiger charge is -2.35. The summed E-state index contributed by atoms with van der Waals surface area (Å²) < 4.78 is 9.10. The van der Waals surface area contributed by atoms with Crippen LogP contribution < -0.4 is 5.32 Å². The van der Waals surface area contributed by atoms with Crippen molar-refractivity contribution in [1.29, 1.82) is 0 Å². The number of aldehydes is 1. The van der Waals surface area contributed by atoms with Crippen LogP contribution in [0.3, 0.4) is 0 Å². The molecule has 10 heteroatoms. The second kappa shape index (κ2) is 15.2. The summed E-state index contributed by atoms with van der Waals surface area (Å²) in [6.45, 7) is 3.87. The first-order valence-corrected chi connectivity index (χ1v) is 10.5. The number of benzene rings is 2. The Morgan fingerprint density at radius 3 is 1.68 bits per heavy atom. The van der Waals surface area contributed by atoms with Crippen molar-refractivity contribution < 1.29 is 34.1 Å². The van der Waals surface area contributed by atoms with Crippen LogP contribution in [0.1, 0.15) is 36.6 Å². The number of β-amino-alcohol motifs (C(OH)–C–C–N with tert-alkyl or cyclic N) is 2. The number of ether oxygens (including phenoxy) is 2. The zero-order valence-electron chi connectivity index (χ0n) is 19.2. The molecule has 0 spiro atoms. The number of likely N-dealkylation sites (tertiary alicyclic amines) is 1. The minimum absolute atomic E-state index is 0. The molecule has 0 bridgehead atoms. The number of nitrogens with one attached hydrogen (secondary N) is 1. The van der Waals surface area contributed by atoms with Crippen LogP contribution in [0.5, 0.6) is 0 Å². The molecule has 0 radical (unpaired) electrons. The van der Waals surface area contributed by atoms with Crippen LogP contribution >= 0.6 is 12.4 Å². The third kappa shape index (κ3) is 9.58. The van der Waals surface area contributed by atoms with Gasteiger partial charge in [-0.15, -0.1) is 12.4 Å². The first-order valence-electron chi connectivity index (χ1n) is 10.5. The Kier molecular flexibility index (Phi) is 13.0. The van der Waals surface area contributed by atoms with Crippen molar-refractivity contribution in [2.45, 2.75) is 18.8 Å². The summed E-state index contributed by atoms with van der Waals surface area (Å²) in [6.07, 6.45) is 0.505. The monoisotopic (exact) mass is 494 g/mol. The fraction of sp³-hybridized carbons (Fsp3) is 0.375. The van der Waals surface area contributed by atoms with Gasteiger partial charge >= 0.3 is 11.9 Å². The highest BCUT2D eigenvalue weighted by Gasteiger charge is 2.23. The highest BCUT2D eigenvalue weighted by Crippen LogP contribution is 2.14. The van der Waals surface area contributed by atoms with E-state index in [-0.39, 0.29) is 30.6 Å². The molecule has 186 valence electrons. The van der Waals surface area contributed by atoms with Gasteiger partial charge in [-0.3, -0.25) is 9.69 Å². The van der Waals surface area contributed by atoms with Gasteiger partial charge in [0.25, 0.3) is 0 Å². The van der Waals surface area contributed by atoms with Crippen molar-refractivity contribution in [3.63, 3.8) is 0 Å². The van der Waals surface area contributed by atoms with Gasteiger partial charge in [0.2, 0.25) is 0 Å². The Hall–Kier alpha value is -2.82. The van der Waals surface area contributed by atoms with E-state index in [2.05, 4.69) is 19.7 Å². The van der Waals surface area contributed by atoms with E-state index in [0.29, 0.717) is 16.7 Å². The fourth-order valence-electron chi connectivity index (χ4n) is 2.88. The Morgan fingerprint density at radius 2 is 1.35 bits per heavy atom. The van der Waals surface area contributed by atoms with Gasteiger partial charge in [0.05, 0.1) is 37.6 Å². The van der Waals surface area contributed by atoms with E-state index in [9.17, 15) is 14.4 Å². The number of aliphatic hydroxyl groups is 2. The number of nitrogens with zero attached hydrogens (tertiary/aromatic N) is 1. The van der Waals surface area contributed by atoms with Crippen molar-refractivity contribution in [1.82, 2.24) is 10.2 Å². The minimum atomic E-state index is -0.396. The summed E-state index contributed by atoms with van der Waals surface area (Å²) in [4.78, 5) is 34.5. The van der Waals surface area contributed by atoms with Crippen LogP contribution in [0.4, 0.5) is 0 Å². The number of hydrogen-bond acceptors (Lipinski definition) is 9. The summed E-state index contributed by atoms with van der Waals surface area (Å²) in [5.41, 5.74) is 2.69. The zero-order chi connectivity index (χ0) is 24.2. The van der Waals surface area contributed by atoms with E-state index in [0.717, 1.165) is 44.6 Å². The van der Waals surface area contributed by atoms with E-state index >= 15 is 0 Å². The van der Waals surface area contributed by atoms with E-state index in [4.69, 9.17) is 10.2 Å². The van der Waals surface area contributed by atoms with Crippen LogP contribution in [-0.4, -0.2) is 85.9 Å². The lowest BCUT2D eigenvalue weighted by molar-refractivity contribution is -0.00286. The summed E-state index contributed by atoms with van der Waals surface area (Å²) in [5, 5.41) is 20.4. The molecule has 2 aliphatic rings. The summed E-state index contributed by atoms with van der Waals surface area (Å²) >= 11 is 0. The standard InChI is InChI=1S/C12H15NO3.C9H8O3.C3H7NO.ClH/c1-16-12(15)10-4-2-9(3-5-10)6-13-7-11(14)8-13;1-12-9(11)8-4-2-7(6-10)3-5-8;5-3-1-4-2-3;/h2-5,11,14H,6-8H2,1H3;2-6H,1H3;3-5H,1-2H2;1H. The maximum atomic E-state index is 11.2. The van der Waals surface area contributed by atoms with E-state index < -0.39 is 5.97 Å². The highest BCUT2D eigenvalue weighted by molar-refractivity contribution is 5.90. The Labute approximate surface area is 205 Å². The van der Waals surface area contributed by atoms with Gasteiger partial charge in [-0.2, -0.15) is 0 Å². The molecular formula is C24H31ClN2O7. The Balaban J connectivity index is 0.000000283. The average molecular weight is 495 g/mol. The smallest absolute Gasteiger partial charge is 0.337 e. The van der Waals surface area contributed by atoms with Gasteiger partial charge in [-0.1, -0.05) is 24.3 Å². The molecule has 2 aliphatic heterocycles. The lowest BCUT2D eigenvalue weighted by Crippen LogP contribution is -2.49. The summed E-state index contributed by atoms with van der Waals surface area (Å²) in [5.74, 6) is -0.710. The predicted octanol–water partition coefficient (Wildman–Crippen LogP) is 1.31. The third-order valence-electron chi connectivity index (χ3n) is 4.95. The molecule has 4 rings (SSSR count). The molecule has 2 fully saturated rings. The molecule has 0 saturated carbocycles. The molecule has 3 N–H and O–H groups in total. The van der Waals surface area contributed by atoms with Crippen molar-refractivity contribution in [3.8, 4) is 0 Å². The first kappa shape index (κ1) is 29.2. The minimum Gasteiger partial charge on any atom is -0.465 e. The fourth-order valence-corrected chi connectivity index (χ4v) is 2.88. The molecule has 0 aliphatic carbocycles. The number of halogens is 1. The second-order valence-corrected chi connectivity index (χ2v) is 7.58. The third-order valence-corrected chi connectivity index (χ3v) is 4.95. The van der Waals surface area contributed by atoms with Crippen molar-refractivity contribution in [2.75, 3.05) is 40.4 Å². The lowest BCUT2D eigenvalue weighted by atomic mass is 10.1. The molecular weight excluding hydrogens is 464 g/mol. The van der Waals surface area contributed by atoms with Crippen LogP contribution in [0.2, 0.25) is 0 Å². The molecule has 9 nitrogen and oxygen atoms in total. The van der Waals surface area contributed by atoms with Crippen LogP contribution in [0.25, 0.3) is 0 Å². The predicted molar refractivity (Wildman–Crippen MR) is 128 cm³/mol. The van der Waals surface area contributed by atoms with Crippen molar-refractivity contribution >= 4 is 30.6 Å². The number of rotatable bonds is 5. The second-order valence-electron chi connectivity index (χ2n) is 7.58. The summed E-state index contributed by atoms with van der Waals surface area (Å²) in [7, 11) is 2.69. The average Bonchev–Trinajstić information content (AvgIpc) is 2.82. The van der Waals surface area contributed by atoms with Crippen LogP contribution in [0.15, 0.2) is 48.5 Å².